The van der Waals surface area contributed by atoms with Gasteiger partial charge in [-0.1, -0.05) is 6.07 Å². The second kappa shape index (κ2) is 6.39. The molecule has 1 heterocycles. The van der Waals surface area contributed by atoms with E-state index in [2.05, 4.69) is 15.5 Å². The molecule has 0 unspecified atom stereocenters. The number of phenols is 1. The van der Waals surface area contributed by atoms with Crippen LogP contribution in [0.5, 0.6) is 11.5 Å². The molecule has 0 saturated heterocycles. The van der Waals surface area contributed by atoms with Crippen LogP contribution in [0, 0.1) is 0 Å². The van der Waals surface area contributed by atoms with Gasteiger partial charge in [-0.15, -0.1) is 0 Å². The van der Waals surface area contributed by atoms with Gasteiger partial charge in [-0.25, -0.2) is 4.98 Å². The summed E-state index contributed by atoms with van der Waals surface area (Å²) in [6.45, 7) is 2.46. The fourth-order valence-electron chi connectivity index (χ4n) is 1.49. The van der Waals surface area contributed by atoms with Crippen molar-refractivity contribution in [2.75, 3.05) is 12.0 Å². The van der Waals surface area contributed by atoms with Gasteiger partial charge in [0.2, 0.25) is 0 Å². The lowest BCUT2D eigenvalue weighted by atomic mass is 10.2. The molecule has 0 aliphatic rings. The standard InChI is InChI=1S/C14H15N3O2/c1-2-19-12-7-6-11(13(18)9-12)10-16-17-14-5-3-4-8-15-14/h3-10,18H,2H2,1H3,(H,15,17). The number of aromatic hydroxyl groups is 1. The molecule has 0 aliphatic heterocycles. The highest BCUT2D eigenvalue weighted by molar-refractivity contribution is 5.84. The quantitative estimate of drug-likeness (QED) is 0.638. The minimum Gasteiger partial charge on any atom is -0.507 e. The molecule has 98 valence electrons. The topological polar surface area (TPSA) is 66.7 Å². The molecule has 2 rings (SSSR count). The third-order valence-corrected chi connectivity index (χ3v) is 2.36. The molecule has 0 aliphatic carbocycles. The zero-order chi connectivity index (χ0) is 13.5. The Morgan fingerprint density at radius 1 is 1.37 bits per heavy atom. The highest BCUT2D eigenvalue weighted by Gasteiger charge is 2.00. The van der Waals surface area contributed by atoms with Crippen LogP contribution < -0.4 is 10.2 Å². The van der Waals surface area contributed by atoms with E-state index in [1.807, 2.05) is 19.1 Å². The third-order valence-electron chi connectivity index (χ3n) is 2.36. The highest BCUT2D eigenvalue weighted by Crippen LogP contribution is 2.22. The summed E-state index contributed by atoms with van der Waals surface area (Å²) in [7, 11) is 0. The molecule has 2 N–H and O–H groups in total. The number of pyridine rings is 1. The Kier molecular flexibility index (Phi) is 4.34. The monoisotopic (exact) mass is 257 g/mol. The van der Waals surface area contributed by atoms with E-state index in [-0.39, 0.29) is 5.75 Å². The van der Waals surface area contributed by atoms with E-state index >= 15 is 0 Å². The van der Waals surface area contributed by atoms with Gasteiger partial charge in [-0.2, -0.15) is 5.10 Å². The normalized spacial score (nSPS) is 10.6. The van der Waals surface area contributed by atoms with Crippen LogP contribution in [0.1, 0.15) is 12.5 Å². The molecule has 1 aromatic heterocycles. The Morgan fingerprint density at radius 2 is 2.26 bits per heavy atom. The largest absolute Gasteiger partial charge is 0.507 e. The SMILES string of the molecule is CCOc1ccc(C=NNc2ccccn2)c(O)c1. The predicted molar refractivity (Wildman–Crippen MR) is 74.7 cm³/mol. The third kappa shape index (κ3) is 3.70. The number of ether oxygens (including phenoxy) is 1. The van der Waals surface area contributed by atoms with Crippen molar-refractivity contribution in [3.8, 4) is 11.5 Å². The van der Waals surface area contributed by atoms with Crippen LogP contribution in [0.3, 0.4) is 0 Å². The molecule has 0 amide bonds. The van der Waals surface area contributed by atoms with Gasteiger partial charge in [-0.3, -0.25) is 5.43 Å². The summed E-state index contributed by atoms with van der Waals surface area (Å²) >= 11 is 0. The zero-order valence-electron chi connectivity index (χ0n) is 10.6. The first-order valence-electron chi connectivity index (χ1n) is 5.95. The number of aromatic nitrogens is 1. The Bertz CT molecular complexity index is 556. The van der Waals surface area contributed by atoms with Crippen LogP contribution in [0.4, 0.5) is 5.82 Å². The Balaban J connectivity index is 2.03. The highest BCUT2D eigenvalue weighted by atomic mass is 16.5. The molecule has 19 heavy (non-hydrogen) atoms. The lowest BCUT2D eigenvalue weighted by Crippen LogP contribution is -1.94. The lowest BCUT2D eigenvalue weighted by Gasteiger charge is -2.05. The van der Waals surface area contributed by atoms with Gasteiger partial charge in [0.1, 0.15) is 17.3 Å². The van der Waals surface area contributed by atoms with Gasteiger partial charge in [0, 0.05) is 17.8 Å². The number of rotatable bonds is 5. The molecule has 2 aromatic rings. The smallest absolute Gasteiger partial charge is 0.146 e. The Morgan fingerprint density at radius 3 is 2.95 bits per heavy atom. The molecule has 5 heteroatoms. The maximum atomic E-state index is 9.80. The average molecular weight is 257 g/mol. The summed E-state index contributed by atoms with van der Waals surface area (Å²) in [4.78, 5) is 4.06. The lowest BCUT2D eigenvalue weighted by molar-refractivity contribution is 0.337. The van der Waals surface area contributed by atoms with Crippen molar-refractivity contribution in [3.63, 3.8) is 0 Å². The molecular formula is C14H15N3O2. The van der Waals surface area contributed by atoms with Crippen molar-refractivity contribution < 1.29 is 9.84 Å². The fourth-order valence-corrected chi connectivity index (χ4v) is 1.49. The van der Waals surface area contributed by atoms with Gasteiger partial charge < -0.3 is 9.84 Å². The van der Waals surface area contributed by atoms with E-state index in [1.165, 1.54) is 6.21 Å². The number of hydrogen-bond donors (Lipinski definition) is 2. The number of nitrogens with one attached hydrogen (secondary N) is 1. The molecular weight excluding hydrogens is 242 g/mol. The molecule has 0 spiro atoms. The van der Waals surface area contributed by atoms with E-state index in [4.69, 9.17) is 4.74 Å². The summed E-state index contributed by atoms with van der Waals surface area (Å²) < 4.78 is 5.29. The molecule has 0 radical (unpaired) electrons. The van der Waals surface area contributed by atoms with Crippen LogP contribution in [-0.4, -0.2) is 22.9 Å². The molecule has 1 aromatic carbocycles. The van der Waals surface area contributed by atoms with Crippen molar-refractivity contribution >= 4 is 12.0 Å². The van der Waals surface area contributed by atoms with Crippen LogP contribution in [0.2, 0.25) is 0 Å². The number of anilines is 1. The van der Waals surface area contributed by atoms with Gasteiger partial charge in [-0.05, 0) is 31.2 Å². The summed E-state index contributed by atoms with van der Waals surface area (Å²) in [5.41, 5.74) is 3.38. The summed E-state index contributed by atoms with van der Waals surface area (Å²) in [5.74, 6) is 1.40. The Hall–Kier alpha value is -2.56. The summed E-state index contributed by atoms with van der Waals surface area (Å²) in [5, 5.41) is 13.8. The molecule has 0 saturated carbocycles. The van der Waals surface area contributed by atoms with Crippen LogP contribution in [-0.2, 0) is 0 Å². The first-order valence-corrected chi connectivity index (χ1v) is 5.95. The van der Waals surface area contributed by atoms with Gasteiger partial charge >= 0.3 is 0 Å². The first kappa shape index (κ1) is 12.9. The van der Waals surface area contributed by atoms with Gasteiger partial charge in [0.05, 0.1) is 12.8 Å². The summed E-state index contributed by atoms with van der Waals surface area (Å²) in [6.07, 6.45) is 3.20. The first-order chi connectivity index (χ1) is 9.29. The number of hydrazone groups is 1. The molecule has 5 nitrogen and oxygen atoms in total. The van der Waals surface area contributed by atoms with Crippen molar-refractivity contribution in [1.82, 2.24) is 4.98 Å². The fraction of sp³-hybridized carbons (Fsp3) is 0.143. The second-order valence-electron chi connectivity index (χ2n) is 3.74. The van der Waals surface area contributed by atoms with E-state index in [9.17, 15) is 5.11 Å². The zero-order valence-corrected chi connectivity index (χ0v) is 10.6. The van der Waals surface area contributed by atoms with Crippen LogP contribution in [0.15, 0.2) is 47.7 Å². The Labute approximate surface area is 111 Å². The minimum absolute atomic E-state index is 0.123. The number of nitrogens with zero attached hydrogens (tertiary/aromatic N) is 2. The molecule has 0 fully saturated rings. The number of benzene rings is 1. The minimum atomic E-state index is 0.123. The van der Waals surface area contributed by atoms with E-state index < -0.39 is 0 Å². The van der Waals surface area contributed by atoms with Crippen LogP contribution in [0.25, 0.3) is 0 Å². The van der Waals surface area contributed by atoms with Crippen molar-refractivity contribution in [2.24, 2.45) is 5.10 Å². The molecule has 0 atom stereocenters. The van der Waals surface area contributed by atoms with E-state index in [0.29, 0.717) is 23.7 Å². The maximum absolute atomic E-state index is 9.80. The van der Waals surface area contributed by atoms with E-state index in [1.54, 1.807) is 30.5 Å². The van der Waals surface area contributed by atoms with Crippen molar-refractivity contribution in [2.45, 2.75) is 6.92 Å². The van der Waals surface area contributed by atoms with Crippen molar-refractivity contribution in [3.05, 3.63) is 48.2 Å². The molecule has 0 bridgehead atoms. The number of hydrogen-bond acceptors (Lipinski definition) is 5. The maximum Gasteiger partial charge on any atom is 0.146 e. The summed E-state index contributed by atoms with van der Waals surface area (Å²) in [6, 6.07) is 10.6. The van der Waals surface area contributed by atoms with Gasteiger partial charge in [0.25, 0.3) is 0 Å². The van der Waals surface area contributed by atoms with Crippen molar-refractivity contribution in [1.29, 1.82) is 0 Å². The van der Waals surface area contributed by atoms with Crippen LogP contribution >= 0.6 is 0 Å². The predicted octanol–water partition coefficient (Wildman–Crippen LogP) is 2.63. The van der Waals surface area contributed by atoms with Gasteiger partial charge in [0.15, 0.2) is 0 Å². The van der Waals surface area contributed by atoms with E-state index in [0.717, 1.165) is 0 Å². The second-order valence-corrected chi connectivity index (χ2v) is 3.74. The number of phenolic OH excluding ortho intramolecular Hbond substituents is 1. The average Bonchev–Trinajstić information content (AvgIpc) is 2.43.